The van der Waals surface area contributed by atoms with Crippen molar-refractivity contribution in [2.75, 3.05) is 6.54 Å². The van der Waals surface area contributed by atoms with Crippen LogP contribution < -0.4 is 5.32 Å². The Morgan fingerprint density at radius 1 is 1.50 bits per heavy atom. The first-order valence-corrected chi connectivity index (χ1v) is 5.08. The average Bonchev–Trinajstić information content (AvgIpc) is 2.71. The summed E-state index contributed by atoms with van der Waals surface area (Å²) in [6, 6.07) is 0.166. The molecule has 2 atom stereocenters. The molecule has 0 bridgehead atoms. The second-order valence-corrected chi connectivity index (χ2v) is 3.98. The molecule has 1 N–H and O–H groups in total. The van der Waals surface area contributed by atoms with Crippen molar-refractivity contribution in [2.24, 2.45) is 0 Å². The van der Waals surface area contributed by atoms with Gasteiger partial charge in [-0.1, -0.05) is 5.16 Å². The van der Waals surface area contributed by atoms with Gasteiger partial charge in [0, 0.05) is 6.04 Å². The van der Waals surface area contributed by atoms with Crippen molar-refractivity contribution in [3.05, 3.63) is 11.7 Å². The van der Waals surface area contributed by atoms with Gasteiger partial charge in [-0.15, -0.1) is 0 Å². The zero-order valence-electron chi connectivity index (χ0n) is 8.71. The average molecular weight is 235 g/mol. The summed E-state index contributed by atoms with van der Waals surface area (Å²) in [5.74, 6) is 0.0350. The van der Waals surface area contributed by atoms with E-state index in [2.05, 4.69) is 15.5 Å². The van der Waals surface area contributed by atoms with Crippen LogP contribution in [-0.2, 0) is 6.42 Å². The van der Waals surface area contributed by atoms with E-state index < -0.39 is 12.6 Å². The van der Waals surface area contributed by atoms with E-state index in [4.69, 9.17) is 4.52 Å². The van der Waals surface area contributed by atoms with Crippen LogP contribution in [0, 0.1) is 0 Å². The molecule has 0 aromatic carbocycles. The zero-order valence-corrected chi connectivity index (χ0v) is 8.71. The predicted octanol–water partition coefficient (Wildman–Crippen LogP) is 1.64. The van der Waals surface area contributed by atoms with Crippen LogP contribution in [0.15, 0.2) is 4.52 Å². The van der Waals surface area contributed by atoms with Crippen molar-refractivity contribution in [3.8, 4) is 0 Å². The van der Waals surface area contributed by atoms with E-state index in [1.165, 1.54) is 0 Å². The highest BCUT2D eigenvalue weighted by molar-refractivity contribution is 5.02. The molecule has 2 unspecified atom stereocenters. The van der Waals surface area contributed by atoms with E-state index in [0.29, 0.717) is 5.89 Å². The highest BCUT2D eigenvalue weighted by Gasteiger charge is 2.33. The van der Waals surface area contributed by atoms with E-state index in [9.17, 15) is 13.2 Å². The molecule has 2 heterocycles. The minimum atomic E-state index is -4.29. The lowest BCUT2D eigenvalue weighted by Gasteiger charge is -2.08. The van der Waals surface area contributed by atoms with Crippen molar-refractivity contribution >= 4 is 0 Å². The minimum Gasteiger partial charge on any atom is -0.339 e. The van der Waals surface area contributed by atoms with E-state index in [1.54, 1.807) is 0 Å². The summed E-state index contributed by atoms with van der Waals surface area (Å²) in [4.78, 5) is 3.79. The summed E-state index contributed by atoms with van der Waals surface area (Å²) in [7, 11) is 0. The molecule has 0 amide bonds. The van der Waals surface area contributed by atoms with Crippen LogP contribution in [0.25, 0.3) is 0 Å². The van der Waals surface area contributed by atoms with E-state index in [1.807, 2.05) is 6.92 Å². The van der Waals surface area contributed by atoms with Crippen LogP contribution in [0.5, 0.6) is 0 Å². The first-order valence-electron chi connectivity index (χ1n) is 5.08. The fourth-order valence-electron chi connectivity index (χ4n) is 1.87. The highest BCUT2D eigenvalue weighted by Crippen LogP contribution is 2.27. The second-order valence-electron chi connectivity index (χ2n) is 3.98. The van der Waals surface area contributed by atoms with Gasteiger partial charge in [0.15, 0.2) is 5.82 Å². The zero-order chi connectivity index (χ0) is 11.8. The maximum atomic E-state index is 12.1. The fourth-order valence-corrected chi connectivity index (χ4v) is 1.87. The molecule has 4 nitrogen and oxygen atoms in total. The van der Waals surface area contributed by atoms with E-state index in [-0.39, 0.29) is 17.8 Å². The van der Waals surface area contributed by atoms with Crippen molar-refractivity contribution in [1.82, 2.24) is 15.5 Å². The predicted molar refractivity (Wildman–Crippen MR) is 48.9 cm³/mol. The van der Waals surface area contributed by atoms with Gasteiger partial charge in [-0.05, 0) is 19.9 Å². The van der Waals surface area contributed by atoms with Gasteiger partial charge >= 0.3 is 6.18 Å². The number of halogens is 3. The Kier molecular flexibility index (Phi) is 2.88. The van der Waals surface area contributed by atoms with E-state index >= 15 is 0 Å². The van der Waals surface area contributed by atoms with Crippen LogP contribution in [0.4, 0.5) is 13.2 Å². The highest BCUT2D eigenvalue weighted by atomic mass is 19.4. The fraction of sp³-hybridized carbons (Fsp3) is 0.778. The normalized spacial score (nSPS) is 26.2. The van der Waals surface area contributed by atoms with E-state index in [0.717, 1.165) is 13.0 Å². The van der Waals surface area contributed by atoms with Gasteiger partial charge in [-0.3, -0.25) is 0 Å². The quantitative estimate of drug-likeness (QED) is 0.846. The topological polar surface area (TPSA) is 51.0 Å². The molecule has 0 spiro atoms. The molecule has 0 aliphatic carbocycles. The van der Waals surface area contributed by atoms with Crippen LogP contribution in [0.3, 0.4) is 0 Å². The third-order valence-corrected chi connectivity index (χ3v) is 2.68. The minimum absolute atomic E-state index is 0.0227. The number of rotatable bonds is 2. The van der Waals surface area contributed by atoms with Gasteiger partial charge in [0.05, 0.1) is 5.92 Å². The molecular weight excluding hydrogens is 223 g/mol. The van der Waals surface area contributed by atoms with Crippen molar-refractivity contribution in [1.29, 1.82) is 0 Å². The standard InChI is InChI=1S/C9H12F3N3O/c1-5-6(2-3-13-5)8-14-7(15-16-8)4-9(10,11)12/h5-6,13H,2-4H2,1H3. The Hall–Kier alpha value is -1.11. The van der Waals surface area contributed by atoms with Crippen LogP contribution in [-0.4, -0.2) is 28.9 Å². The van der Waals surface area contributed by atoms with Crippen LogP contribution >= 0.6 is 0 Å². The number of nitrogens with zero attached hydrogens (tertiary/aromatic N) is 2. The molecule has 1 fully saturated rings. The lowest BCUT2D eigenvalue weighted by molar-refractivity contribution is -0.128. The molecule has 0 radical (unpaired) electrons. The first kappa shape index (κ1) is 11.4. The van der Waals surface area contributed by atoms with Crippen LogP contribution in [0.1, 0.15) is 31.0 Å². The third-order valence-electron chi connectivity index (χ3n) is 2.68. The Morgan fingerprint density at radius 2 is 2.25 bits per heavy atom. The second kappa shape index (κ2) is 4.04. The molecule has 1 aromatic rings. The van der Waals surface area contributed by atoms with Gasteiger partial charge in [0.25, 0.3) is 0 Å². The maximum absolute atomic E-state index is 12.1. The summed E-state index contributed by atoms with van der Waals surface area (Å²) < 4.78 is 41.1. The summed E-state index contributed by atoms with van der Waals surface area (Å²) in [6.07, 6.45) is -4.61. The SMILES string of the molecule is CC1NCCC1c1nc(CC(F)(F)F)no1. The molecule has 1 aliphatic heterocycles. The van der Waals surface area contributed by atoms with Gasteiger partial charge in [-0.2, -0.15) is 18.2 Å². The third kappa shape index (κ3) is 2.52. The largest absolute Gasteiger partial charge is 0.396 e. The van der Waals surface area contributed by atoms with Gasteiger partial charge in [0.1, 0.15) is 6.42 Å². The molecule has 2 rings (SSSR count). The summed E-state index contributed by atoms with van der Waals surface area (Å²) in [6.45, 7) is 2.77. The van der Waals surface area contributed by atoms with Gasteiger partial charge in [-0.25, -0.2) is 0 Å². The van der Waals surface area contributed by atoms with Crippen molar-refractivity contribution in [2.45, 2.75) is 37.9 Å². The molecule has 1 aromatic heterocycles. The lowest BCUT2D eigenvalue weighted by atomic mass is 10.0. The number of nitrogens with one attached hydrogen (secondary N) is 1. The maximum Gasteiger partial charge on any atom is 0.396 e. The summed E-state index contributed by atoms with van der Waals surface area (Å²) in [5.41, 5.74) is 0. The first-order chi connectivity index (χ1) is 7.46. The molecule has 0 saturated carbocycles. The number of hydrogen-bond donors (Lipinski definition) is 1. The Morgan fingerprint density at radius 3 is 2.81 bits per heavy atom. The van der Waals surface area contributed by atoms with Crippen molar-refractivity contribution in [3.63, 3.8) is 0 Å². The molecule has 1 saturated heterocycles. The Labute approximate surface area is 90.2 Å². The Bertz CT molecular complexity index is 363. The Balaban J connectivity index is 2.07. The van der Waals surface area contributed by atoms with Gasteiger partial charge < -0.3 is 9.84 Å². The van der Waals surface area contributed by atoms with Crippen molar-refractivity contribution < 1.29 is 17.7 Å². The summed E-state index contributed by atoms with van der Waals surface area (Å²) >= 11 is 0. The molecule has 16 heavy (non-hydrogen) atoms. The number of aromatic nitrogens is 2. The van der Waals surface area contributed by atoms with Crippen LogP contribution in [0.2, 0.25) is 0 Å². The lowest BCUT2D eigenvalue weighted by Crippen LogP contribution is -2.21. The molecule has 90 valence electrons. The molecule has 1 aliphatic rings. The summed E-state index contributed by atoms with van der Waals surface area (Å²) in [5, 5.41) is 6.52. The van der Waals surface area contributed by atoms with Gasteiger partial charge in [0.2, 0.25) is 5.89 Å². The molecular formula is C9H12F3N3O. The number of hydrogen-bond acceptors (Lipinski definition) is 4. The smallest absolute Gasteiger partial charge is 0.339 e. The molecule has 7 heteroatoms. The monoisotopic (exact) mass is 235 g/mol. The number of alkyl halides is 3.